The fourth-order valence-electron chi connectivity index (χ4n) is 3.89. The number of carbonyl (C=O) groups is 2. The second kappa shape index (κ2) is 9.85. The molecule has 7 nitrogen and oxygen atoms in total. The van der Waals surface area contributed by atoms with Gasteiger partial charge in [-0.1, -0.05) is 62.4 Å². The molecular weight excluding hydrogens is 390 g/mol. The van der Waals surface area contributed by atoms with Crippen LogP contribution in [0.25, 0.3) is 0 Å². The van der Waals surface area contributed by atoms with Crippen molar-refractivity contribution in [2.24, 2.45) is 22.4 Å². The number of benzodiazepines with no additional fused rings is 1. The van der Waals surface area contributed by atoms with Crippen molar-refractivity contribution in [2.75, 3.05) is 11.9 Å². The van der Waals surface area contributed by atoms with Crippen LogP contribution < -0.4 is 21.7 Å². The lowest BCUT2D eigenvalue weighted by molar-refractivity contribution is -0.130. The molecule has 164 valence electrons. The fourth-order valence-corrected chi connectivity index (χ4v) is 3.89. The number of aliphatic imine (C=N–C) groups is 1. The number of fused-ring (bicyclic) bond motifs is 1. The molecule has 1 heterocycles. The van der Waals surface area contributed by atoms with Crippen LogP contribution >= 0.6 is 0 Å². The van der Waals surface area contributed by atoms with E-state index in [0.29, 0.717) is 18.6 Å². The molecule has 1 aliphatic rings. The number of amides is 2. The first-order valence-electron chi connectivity index (χ1n) is 10.7. The molecule has 0 saturated heterocycles. The predicted molar refractivity (Wildman–Crippen MR) is 124 cm³/mol. The van der Waals surface area contributed by atoms with E-state index >= 15 is 0 Å². The molecule has 0 aromatic heterocycles. The minimum atomic E-state index is -1.07. The number of para-hydroxylation sites is 1. The summed E-state index contributed by atoms with van der Waals surface area (Å²) in [5, 5.41) is 2.83. The average Bonchev–Trinajstić information content (AvgIpc) is 2.90. The van der Waals surface area contributed by atoms with Crippen LogP contribution in [0.3, 0.4) is 0 Å². The van der Waals surface area contributed by atoms with E-state index in [-0.39, 0.29) is 11.8 Å². The Hall–Kier alpha value is -3.03. The summed E-state index contributed by atoms with van der Waals surface area (Å²) in [6.07, 6.45) is 0.137. The van der Waals surface area contributed by atoms with Crippen molar-refractivity contribution in [3.05, 3.63) is 65.7 Å². The van der Waals surface area contributed by atoms with Crippen molar-refractivity contribution in [3.8, 4) is 0 Å². The summed E-state index contributed by atoms with van der Waals surface area (Å²) in [6.45, 7) is 3.83. The Morgan fingerprint density at radius 1 is 1.03 bits per heavy atom. The number of carbonyl (C=O) groups excluding carboxylic acids is 2. The third-order valence-corrected chi connectivity index (χ3v) is 5.84. The van der Waals surface area contributed by atoms with Crippen LogP contribution in [-0.2, 0) is 9.59 Å². The Kier molecular flexibility index (Phi) is 7.20. The standard InChI is InChI=1S/C24H31N5O2/c1-4-17(25)20(18(26)5-2)23(30)28-22-24(31)29(3)19-14-10-9-13-16(19)21(27-22)15-11-7-6-8-12-15/h6-14,17-18,20,22H,4-5,25-26H2,1-3H3,(H,28,30). The average molecular weight is 422 g/mol. The Morgan fingerprint density at radius 2 is 1.61 bits per heavy atom. The Balaban J connectivity index is 2.04. The van der Waals surface area contributed by atoms with Crippen LogP contribution in [0, 0.1) is 5.92 Å². The van der Waals surface area contributed by atoms with Crippen LogP contribution in [0.2, 0.25) is 0 Å². The third kappa shape index (κ3) is 4.68. The normalized spacial score (nSPS) is 19.0. The van der Waals surface area contributed by atoms with Crippen molar-refractivity contribution >= 4 is 23.2 Å². The lowest BCUT2D eigenvalue weighted by Crippen LogP contribution is -2.55. The molecule has 5 N–H and O–H groups in total. The van der Waals surface area contributed by atoms with Gasteiger partial charge in [0.25, 0.3) is 5.91 Å². The topological polar surface area (TPSA) is 114 Å². The first kappa shape index (κ1) is 22.7. The van der Waals surface area contributed by atoms with Gasteiger partial charge in [-0.2, -0.15) is 0 Å². The number of rotatable bonds is 7. The molecule has 2 aromatic carbocycles. The van der Waals surface area contributed by atoms with Crippen molar-refractivity contribution in [1.82, 2.24) is 5.32 Å². The van der Waals surface area contributed by atoms with E-state index < -0.39 is 24.2 Å². The Morgan fingerprint density at radius 3 is 2.23 bits per heavy atom. The highest BCUT2D eigenvalue weighted by Gasteiger charge is 2.35. The minimum Gasteiger partial charge on any atom is -0.327 e. The van der Waals surface area contributed by atoms with Crippen molar-refractivity contribution in [2.45, 2.75) is 44.9 Å². The van der Waals surface area contributed by atoms with Gasteiger partial charge >= 0.3 is 0 Å². The molecule has 7 heteroatoms. The van der Waals surface area contributed by atoms with E-state index in [4.69, 9.17) is 16.5 Å². The first-order chi connectivity index (χ1) is 14.9. The first-order valence-corrected chi connectivity index (χ1v) is 10.7. The highest BCUT2D eigenvalue weighted by atomic mass is 16.2. The van der Waals surface area contributed by atoms with E-state index in [1.165, 1.54) is 4.90 Å². The van der Waals surface area contributed by atoms with E-state index in [9.17, 15) is 9.59 Å². The zero-order valence-electron chi connectivity index (χ0n) is 18.3. The van der Waals surface area contributed by atoms with Crippen LogP contribution in [0.5, 0.6) is 0 Å². The van der Waals surface area contributed by atoms with Crippen molar-refractivity contribution in [3.63, 3.8) is 0 Å². The summed E-state index contributed by atoms with van der Waals surface area (Å²) >= 11 is 0. The molecule has 3 atom stereocenters. The maximum Gasteiger partial charge on any atom is 0.272 e. The molecule has 3 unspecified atom stereocenters. The van der Waals surface area contributed by atoms with E-state index in [2.05, 4.69) is 5.32 Å². The second-order valence-corrected chi connectivity index (χ2v) is 7.84. The smallest absolute Gasteiger partial charge is 0.272 e. The number of nitrogens with two attached hydrogens (primary N) is 2. The number of anilines is 1. The second-order valence-electron chi connectivity index (χ2n) is 7.84. The summed E-state index contributed by atoms with van der Waals surface area (Å²) in [6, 6.07) is 16.4. The van der Waals surface area contributed by atoms with E-state index in [1.807, 2.05) is 68.4 Å². The highest BCUT2D eigenvalue weighted by Crippen LogP contribution is 2.27. The summed E-state index contributed by atoms with van der Waals surface area (Å²) in [7, 11) is 1.69. The highest BCUT2D eigenvalue weighted by molar-refractivity contribution is 6.20. The fraction of sp³-hybridized carbons (Fsp3) is 0.375. The molecule has 0 fully saturated rings. The number of hydrogen-bond donors (Lipinski definition) is 3. The zero-order valence-corrected chi connectivity index (χ0v) is 18.3. The Labute approximate surface area is 183 Å². The third-order valence-electron chi connectivity index (χ3n) is 5.84. The quantitative estimate of drug-likeness (QED) is 0.635. The van der Waals surface area contributed by atoms with Gasteiger partial charge in [0.2, 0.25) is 12.1 Å². The molecular formula is C24H31N5O2. The lowest BCUT2D eigenvalue weighted by Gasteiger charge is -2.28. The molecule has 0 saturated carbocycles. The number of nitrogens with one attached hydrogen (secondary N) is 1. The maximum atomic E-state index is 13.3. The molecule has 0 aliphatic carbocycles. The molecule has 0 spiro atoms. The predicted octanol–water partition coefficient (Wildman–Crippen LogP) is 2.03. The molecule has 0 bridgehead atoms. The van der Waals surface area contributed by atoms with Gasteiger partial charge < -0.3 is 21.7 Å². The molecule has 3 rings (SSSR count). The molecule has 1 aliphatic heterocycles. The zero-order chi connectivity index (χ0) is 22.5. The number of hydrogen-bond acceptors (Lipinski definition) is 5. The molecule has 31 heavy (non-hydrogen) atoms. The summed E-state index contributed by atoms with van der Waals surface area (Å²) in [4.78, 5) is 32.7. The Bertz CT molecular complexity index is 949. The maximum absolute atomic E-state index is 13.3. The van der Waals surface area contributed by atoms with Gasteiger partial charge in [-0.3, -0.25) is 9.59 Å². The summed E-state index contributed by atoms with van der Waals surface area (Å²) in [5.41, 5.74) is 15.5. The van der Waals surface area contributed by atoms with Gasteiger partial charge in [0.15, 0.2) is 0 Å². The minimum absolute atomic E-state index is 0.319. The van der Waals surface area contributed by atoms with Gasteiger partial charge in [-0.25, -0.2) is 4.99 Å². The van der Waals surface area contributed by atoms with Crippen LogP contribution in [0.1, 0.15) is 37.8 Å². The SMILES string of the molecule is CCC(N)C(C(=O)NC1N=C(c2ccccc2)c2ccccc2N(C)C1=O)C(N)CC. The molecule has 0 radical (unpaired) electrons. The monoisotopic (exact) mass is 421 g/mol. The molecule has 2 amide bonds. The van der Waals surface area contributed by atoms with Crippen molar-refractivity contribution < 1.29 is 9.59 Å². The van der Waals surface area contributed by atoms with Gasteiger partial charge in [0.05, 0.1) is 17.3 Å². The molecule has 2 aromatic rings. The van der Waals surface area contributed by atoms with Crippen LogP contribution in [0.15, 0.2) is 59.6 Å². The van der Waals surface area contributed by atoms with Gasteiger partial charge in [0, 0.05) is 30.3 Å². The van der Waals surface area contributed by atoms with Gasteiger partial charge in [-0.05, 0) is 18.9 Å². The van der Waals surface area contributed by atoms with E-state index in [1.54, 1.807) is 7.05 Å². The van der Waals surface area contributed by atoms with Crippen LogP contribution in [-0.4, -0.2) is 42.8 Å². The van der Waals surface area contributed by atoms with Crippen LogP contribution in [0.4, 0.5) is 5.69 Å². The summed E-state index contributed by atoms with van der Waals surface area (Å²) < 4.78 is 0. The number of nitrogens with zero attached hydrogens (tertiary/aromatic N) is 2. The summed E-state index contributed by atoms with van der Waals surface area (Å²) in [5.74, 6) is -1.27. The van der Waals surface area contributed by atoms with Gasteiger partial charge in [0.1, 0.15) is 0 Å². The lowest BCUT2D eigenvalue weighted by atomic mass is 9.88. The number of benzene rings is 2. The van der Waals surface area contributed by atoms with E-state index in [0.717, 1.165) is 16.8 Å². The van der Waals surface area contributed by atoms with Gasteiger partial charge in [-0.15, -0.1) is 0 Å². The largest absolute Gasteiger partial charge is 0.327 e. The van der Waals surface area contributed by atoms with Crippen molar-refractivity contribution in [1.29, 1.82) is 0 Å². The number of likely N-dealkylation sites (N-methyl/N-ethyl adjacent to an activating group) is 1.